The van der Waals surface area contributed by atoms with Crippen LogP contribution in [0.25, 0.3) is 33.4 Å². The molecule has 4 nitrogen and oxygen atoms in total. The molecule has 4 N–H and O–H groups in total. The van der Waals surface area contributed by atoms with E-state index in [0.29, 0.717) is 17.1 Å². The van der Waals surface area contributed by atoms with Crippen LogP contribution < -0.4 is 20.9 Å². The van der Waals surface area contributed by atoms with Gasteiger partial charge in [0, 0.05) is 28.1 Å². The largest absolute Gasteiger partial charge is 0.457 e. The van der Waals surface area contributed by atoms with E-state index >= 15 is 0 Å². The van der Waals surface area contributed by atoms with Crippen molar-refractivity contribution in [1.29, 1.82) is 0 Å². The molecule has 6 rings (SSSR count). The smallest absolute Gasteiger partial charge is 0.135 e. The average Bonchev–Trinajstić information content (AvgIpc) is 3.00. The maximum Gasteiger partial charge on any atom is 0.135 e. The Labute approximate surface area is 234 Å². The lowest BCUT2D eigenvalue weighted by molar-refractivity contribution is 0.483. The number of nitrogen functional groups attached to an aromatic ring is 2. The molecule has 6 aromatic carbocycles. The van der Waals surface area contributed by atoms with Gasteiger partial charge in [-0.05, 0) is 77.4 Å². The van der Waals surface area contributed by atoms with E-state index in [4.69, 9.17) is 20.9 Å². The summed E-state index contributed by atoms with van der Waals surface area (Å²) in [6.07, 6.45) is 0. The minimum Gasteiger partial charge on any atom is -0.457 e. The molecule has 0 saturated carbocycles. The number of para-hydroxylation sites is 2. The molecule has 0 bridgehead atoms. The first kappa shape index (κ1) is 24.8. The zero-order chi connectivity index (χ0) is 27.3. The minimum absolute atomic E-state index is 0.690. The Bertz CT molecular complexity index is 1750. The number of hydrogen-bond acceptors (Lipinski definition) is 4. The molecule has 0 atom stereocenters. The van der Waals surface area contributed by atoms with Crippen LogP contribution >= 0.6 is 0 Å². The summed E-state index contributed by atoms with van der Waals surface area (Å²) < 4.78 is 12.8. The average molecular weight is 521 g/mol. The number of ether oxygens (including phenoxy) is 2. The van der Waals surface area contributed by atoms with E-state index in [1.165, 1.54) is 0 Å². The highest BCUT2D eigenvalue weighted by Gasteiger charge is 2.20. The quantitative estimate of drug-likeness (QED) is 0.206. The van der Waals surface area contributed by atoms with Gasteiger partial charge in [-0.3, -0.25) is 0 Å². The Morgan fingerprint density at radius 2 is 0.800 bits per heavy atom. The van der Waals surface area contributed by atoms with Gasteiger partial charge in [0.1, 0.15) is 23.0 Å². The van der Waals surface area contributed by atoms with E-state index in [-0.39, 0.29) is 0 Å². The van der Waals surface area contributed by atoms with Crippen molar-refractivity contribution in [2.24, 2.45) is 0 Å². The maximum atomic E-state index is 6.44. The summed E-state index contributed by atoms with van der Waals surface area (Å²) in [5.74, 6) is 2.92. The van der Waals surface area contributed by atoms with Gasteiger partial charge < -0.3 is 20.9 Å². The summed E-state index contributed by atoms with van der Waals surface area (Å²) >= 11 is 0. The second kappa shape index (κ2) is 11.1. The van der Waals surface area contributed by atoms with Crippen LogP contribution in [0.2, 0.25) is 0 Å². The number of rotatable bonds is 7. The van der Waals surface area contributed by atoms with Crippen molar-refractivity contribution in [3.8, 4) is 56.4 Å². The Kier molecular flexibility index (Phi) is 6.89. The van der Waals surface area contributed by atoms with E-state index in [0.717, 1.165) is 50.6 Å². The van der Waals surface area contributed by atoms with Gasteiger partial charge in [-0.1, -0.05) is 84.9 Å². The lowest BCUT2D eigenvalue weighted by Crippen LogP contribution is -1.96. The van der Waals surface area contributed by atoms with Crippen LogP contribution in [0, 0.1) is 0 Å². The second-order valence-electron chi connectivity index (χ2n) is 9.43. The number of anilines is 2. The fourth-order valence-corrected chi connectivity index (χ4v) is 4.79. The molecule has 0 aliphatic heterocycles. The second-order valence-corrected chi connectivity index (χ2v) is 9.43. The summed E-state index contributed by atoms with van der Waals surface area (Å²) in [6, 6.07) is 47.8. The third-order valence-corrected chi connectivity index (χ3v) is 6.70. The van der Waals surface area contributed by atoms with E-state index in [2.05, 4.69) is 54.6 Å². The molecule has 0 spiro atoms. The van der Waals surface area contributed by atoms with Crippen molar-refractivity contribution in [1.82, 2.24) is 0 Å². The summed E-state index contributed by atoms with van der Waals surface area (Å²) in [5, 5.41) is 0. The Hall–Kier alpha value is -5.48. The molecule has 0 unspecified atom stereocenters. The molecule has 0 amide bonds. The highest BCUT2D eigenvalue weighted by atomic mass is 16.5. The van der Waals surface area contributed by atoms with Crippen LogP contribution in [0.4, 0.5) is 11.4 Å². The van der Waals surface area contributed by atoms with Gasteiger partial charge in [0.2, 0.25) is 0 Å². The number of nitrogens with two attached hydrogens (primary N) is 2. The van der Waals surface area contributed by atoms with Gasteiger partial charge >= 0.3 is 0 Å². The molecule has 0 aliphatic rings. The molecule has 0 saturated heterocycles. The molecule has 0 fully saturated rings. The molecular formula is C36H28N2O2. The molecular weight excluding hydrogens is 492 g/mol. The van der Waals surface area contributed by atoms with Crippen LogP contribution in [-0.4, -0.2) is 0 Å². The van der Waals surface area contributed by atoms with Gasteiger partial charge in [0.25, 0.3) is 0 Å². The molecule has 4 heteroatoms. The Balaban J connectivity index is 1.55. The van der Waals surface area contributed by atoms with Crippen LogP contribution in [0.1, 0.15) is 0 Å². The molecule has 6 aromatic rings. The van der Waals surface area contributed by atoms with Crippen molar-refractivity contribution >= 4 is 11.4 Å². The lowest BCUT2D eigenvalue weighted by atomic mass is 9.87. The Morgan fingerprint density at radius 1 is 0.350 bits per heavy atom. The fraction of sp³-hybridized carbons (Fsp3) is 0. The predicted molar refractivity (Wildman–Crippen MR) is 165 cm³/mol. The molecule has 40 heavy (non-hydrogen) atoms. The lowest BCUT2D eigenvalue weighted by Gasteiger charge is -2.20. The monoisotopic (exact) mass is 520 g/mol. The number of hydrogen-bond donors (Lipinski definition) is 2. The van der Waals surface area contributed by atoms with Crippen LogP contribution in [0.15, 0.2) is 146 Å². The molecule has 0 radical (unpaired) electrons. The van der Waals surface area contributed by atoms with E-state index in [9.17, 15) is 0 Å². The first-order valence-electron chi connectivity index (χ1n) is 13.1. The van der Waals surface area contributed by atoms with Crippen molar-refractivity contribution in [2.75, 3.05) is 11.5 Å². The number of benzene rings is 6. The van der Waals surface area contributed by atoms with Gasteiger partial charge in [-0.15, -0.1) is 0 Å². The van der Waals surface area contributed by atoms with Gasteiger partial charge in [0.05, 0.1) is 0 Å². The van der Waals surface area contributed by atoms with Crippen LogP contribution in [-0.2, 0) is 0 Å². The zero-order valence-corrected chi connectivity index (χ0v) is 21.8. The standard InChI is InChI=1S/C36H28N2O2/c37-26-17-21-28(22-18-26)39-34-15-6-4-11-31(34)32-14-8-13-30(25-9-2-1-3-10-25)36(32)33-12-5-7-16-35(33)40-29-23-19-27(38)20-24-29/h1-24H,37-38H2. The van der Waals surface area contributed by atoms with Gasteiger partial charge in [0.15, 0.2) is 0 Å². The minimum atomic E-state index is 0.690. The summed E-state index contributed by atoms with van der Waals surface area (Å²) in [7, 11) is 0. The molecule has 0 aromatic heterocycles. The highest BCUT2D eigenvalue weighted by molar-refractivity contribution is 5.97. The Morgan fingerprint density at radius 3 is 1.40 bits per heavy atom. The van der Waals surface area contributed by atoms with E-state index in [1.807, 2.05) is 91.0 Å². The molecule has 194 valence electrons. The normalized spacial score (nSPS) is 10.7. The first-order valence-corrected chi connectivity index (χ1v) is 13.1. The third-order valence-electron chi connectivity index (χ3n) is 6.70. The van der Waals surface area contributed by atoms with E-state index < -0.39 is 0 Å². The highest BCUT2D eigenvalue weighted by Crippen LogP contribution is 2.47. The predicted octanol–water partition coefficient (Wildman–Crippen LogP) is 9.44. The third kappa shape index (κ3) is 5.24. The van der Waals surface area contributed by atoms with Crippen molar-refractivity contribution in [3.05, 3.63) is 146 Å². The zero-order valence-electron chi connectivity index (χ0n) is 21.8. The van der Waals surface area contributed by atoms with Gasteiger partial charge in [-0.2, -0.15) is 0 Å². The van der Waals surface area contributed by atoms with Crippen molar-refractivity contribution < 1.29 is 9.47 Å². The maximum absolute atomic E-state index is 6.44. The first-order chi connectivity index (χ1) is 19.7. The summed E-state index contributed by atoms with van der Waals surface area (Å²) in [5.41, 5.74) is 19.4. The summed E-state index contributed by atoms with van der Waals surface area (Å²) in [6.45, 7) is 0. The van der Waals surface area contributed by atoms with Crippen molar-refractivity contribution in [2.45, 2.75) is 0 Å². The fourth-order valence-electron chi connectivity index (χ4n) is 4.79. The van der Waals surface area contributed by atoms with Crippen LogP contribution in [0.3, 0.4) is 0 Å². The summed E-state index contributed by atoms with van der Waals surface area (Å²) in [4.78, 5) is 0. The van der Waals surface area contributed by atoms with Crippen molar-refractivity contribution in [3.63, 3.8) is 0 Å². The van der Waals surface area contributed by atoms with Crippen LogP contribution in [0.5, 0.6) is 23.0 Å². The topological polar surface area (TPSA) is 70.5 Å². The SMILES string of the molecule is Nc1ccc(Oc2ccccc2-c2cccc(-c3ccccc3)c2-c2ccccc2Oc2ccc(N)cc2)cc1. The van der Waals surface area contributed by atoms with E-state index in [1.54, 1.807) is 0 Å². The molecule has 0 heterocycles. The molecule has 0 aliphatic carbocycles. The van der Waals surface area contributed by atoms with Gasteiger partial charge in [-0.25, -0.2) is 0 Å².